The van der Waals surface area contributed by atoms with Crippen LogP contribution in [0.3, 0.4) is 0 Å². The number of carboxylic acids is 1. The van der Waals surface area contributed by atoms with E-state index >= 15 is 0 Å². The molecule has 0 radical (unpaired) electrons. The van der Waals surface area contributed by atoms with Gasteiger partial charge >= 0.3 is 5.97 Å². The standard InChI is InChI=1S/C15H18FNO3/c1-10(13(18)19)17-14(20)15(7-2-3-8-15)11-5-4-6-12(16)9-11/h4-6,9-10H,2-3,7-8H2,1H3,(H,17,20)(H,18,19)/t10-/m1/s1. The second kappa shape index (κ2) is 5.61. The summed E-state index contributed by atoms with van der Waals surface area (Å²) in [6.07, 6.45) is 3.00. The topological polar surface area (TPSA) is 66.4 Å². The van der Waals surface area contributed by atoms with Crippen LogP contribution in [-0.2, 0) is 15.0 Å². The van der Waals surface area contributed by atoms with Crippen molar-refractivity contribution in [1.29, 1.82) is 0 Å². The quantitative estimate of drug-likeness (QED) is 0.888. The van der Waals surface area contributed by atoms with E-state index in [9.17, 15) is 14.0 Å². The molecule has 0 aromatic heterocycles. The zero-order valence-electron chi connectivity index (χ0n) is 11.4. The molecule has 20 heavy (non-hydrogen) atoms. The van der Waals surface area contributed by atoms with Gasteiger partial charge in [-0.3, -0.25) is 9.59 Å². The van der Waals surface area contributed by atoms with Gasteiger partial charge in [0.15, 0.2) is 0 Å². The average Bonchev–Trinajstić information content (AvgIpc) is 2.89. The first-order valence-electron chi connectivity index (χ1n) is 6.75. The van der Waals surface area contributed by atoms with Gasteiger partial charge in [-0.15, -0.1) is 0 Å². The van der Waals surface area contributed by atoms with Gasteiger partial charge in [0.2, 0.25) is 5.91 Å². The Morgan fingerprint density at radius 2 is 2.00 bits per heavy atom. The van der Waals surface area contributed by atoms with Crippen LogP contribution in [0.4, 0.5) is 4.39 Å². The molecule has 1 amide bonds. The van der Waals surface area contributed by atoms with Crippen LogP contribution in [0, 0.1) is 5.82 Å². The van der Waals surface area contributed by atoms with Crippen LogP contribution in [0.15, 0.2) is 24.3 Å². The van der Waals surface area contributed by atoms with Crippen LogP contribution in [0.1, 0.15) is 38.2 Å². The van der Waals surface area contributed by atoms with Crippen molar-refractivity contribution in [2.24, 2.45) is 0 Å². The van der Waals surface area contributed by atoms with Gasteiger partial charge in [-0.2, -0.15) is 0 Å². The van der Waals surface area contributed by atoms with Crippen LogP contribution < -0.4 is 5.32 Å². The summed E-state index contributed by atoms with van der Waals surface area (Å²) in [7, 11) is 0. The van der Waals surface area contributed by atoms with Crippen molar-refractivity contribution in [3.63, 3.8) is 0 Å². The molecule has 1 fully saturated rings. The first-order valence-corrected chi connectivity index (χ1v) is 6.75. The van der Waals surface area contributed by atoms with E-state index in [1.54, 1.807) is 12.1 Å². The predicted molar refractivity (Wildman–Crippen MR) is 71.8 cm³/mol. The minimum absolute atomic E-state index is 0.324. The Labute approximate surface area is 117 Å². The number of halogens is 1. The Balaban J connectivity index is 2.30. The van der Waals surface area contributed by atoms with E-state index in [4.69, 9.17) is 5.11 Å². The zero-order valence-corrected chi connectivity index (χ0v) is 11.4. The van der Waals surface area contributed by atoms with Crippen LogP contribution >= 0.6 is 0 Å². The Bertz CT molecular complexity index is 524. The summed E-state index contributed by atoms with van der Waals surface area (Å²) in [6, 6.07) is 5.08. The molecule has 0 bridgehead atoms. The minimum atomic E-state index is -1.08. The van der Waals surface area contributed by atoms with Gasteiger partial charge in [0.05, 0.1) is 5.41 Å². The number of rotatable bonds is 4. The monoisotopic (exact) mass is 279 g/mol. The van der Waals surface area contributed by atoms with E-state index in [1.165, 1.54) is 19.1 Å². The fraction of sp³-hybridized carbons (Fsp3) is 0.467. The lowest BCUT2D eigenvalue weighted by molar-refractivity contribution is -0.142. The van der Waals surface area contributed by atoms with Crippen molar-refractivity contribution >= 4 is 11.9 Å². The molecular weight excluding hydrogens is 261 g/mol. The average molecular weight is 279 g/mol. The molecule has 0 heterocycles. The van der Waals surface area contributed by atoms with Gasteiger partial charge < -0.3 is 10.4 Å². The number of amides is 1. The largest absolute Gasteiger partial charge is 0.480 e. The van der Waals surface area contributed by atoms with E-state index < -0.39 is 17.4 Å². The molecule has 1 aliphatic rings. The van der Waals surface area contributed by atoms with Gasteiger partial charge in [0.1, 0.15) is 11.9 Å². The highest BCUT2D eigenvalue weighted by atomic mass is 19.1. The summed E-state index contributed by atoms with van der Waals surface area (Å²) in [4.78, 5) is 23.4. The Morgan fingerprint density at radius 1 is 1.35 bits per heavy atom. The van der Waals surface area contributed by atoms with Crippen molar-refractivity contribution in [3.05, 3.63) is 35.6 Å². The minimum Gasteiger partial charge on any atom is -0.480 e. The molecule has 1 saturated carbocycles. The van der Waals surface area contributed by atoms with Crippen LogP contribution in [0.2, 0.25) is 0 Å². The fourth-order valence-electron chi connectivity index (χ4n) is 2.81. The number of hydrogen-bond acceptors (Lipinski definition) is 2. The van der Waals surface area contributed by atoms with E-state index in [1.807, 2.05) is 0 Å². The van der Waals surface area contributed by atoms with Gasteiger partial charge in [-0.25, -0.2) is 4.39 Å². The molecule has 1 aliphatic carbocycles. The number of carbonyl (C=O) groups is 2. The van der Waals surface area contributed by atoms with Crippen molar-refractivity contribution in [2.75, 3.05) is 0 Å². The third-order valence-electron chi connectivity index (χ3n) is 3.99. The first-order chi connectivity index (χ1) is 9.45. The van der Waals surface area contributed by atoms with Crippen molar-refractivity contribution in [2.45, 2.75) is 44.1 Å². The van der Waals surface area contributed by atoms with E-state index in [-0.39, 0.29) is 11.7 Å². The predicted octanol–water partition coefficient (Wildman–Crippen LogP) is 2.23. The molecule has 0 saturated heterocycles. The lowest BCUT2D eigenvalue weighted by Gasteiger charge is -2.29. The second-order valence-corrected chi connectivity index (χ2v) is 5.33. The maximum atomic E-state index is 13.4. The highest BCUT2D eigenvalue weighted by Crippen LogP contribution is 2.41. The van der Waals surface area contributed by atoms with Crippen LogP contribution in [0.25, 0.3) is 0 Å². The molecule has 4 nitrogen and oxygen atoms in total. The third kappa shape index (κ3) is 2.66. The molecular formula is C15H18FNO3. The molecule has 2 rings (SSSR count). The number of carboxylic acid groups (broad SMARTS) is 1. The number of hydrogen-bond donors (Lipinski definition) is 2. The second-order valence-electron chi connectivity index (χ2n) is 5.33. The van der Waals surface area contributed by atoms with Gasteiger partial charge in [-0.1, -0.05) is 25.0 Å². The zero-order chi connectivity index (χ0) is 14.8. The lowest BCUT2D eigenvalue weighted by atomic mass is 9.77. The highest BCUT2D eigenvalue weighted by Gasteiger charge is 2.43. The summed E-state index contributed by atoms with van der Waals surface area (Å²) in [5.74, 6) is -1.78. The molecule has 0 aliphatic heterocycles. The highest BCUT2D eigenvalue weighted by molar-refractivity contribution is 5.91. The Hall–Kier alpha value is -1.91. The summed E-state index contributed by atoms with van der Waals surface area (Å²) in [5, 5.41) is 11.4. The molecule has 0 spiro atoms. The Morgan fingerprint density at radius 3 is 2.55 bits per heavy atom. The van der Waals surface area contributed by atoms with E-state index in [2.05, 4.69) is 5.32 Å². The van der Waals surface area contributed by atoms with E-state index in [0.717, 1.165) is 12.8 Å². The van der Waals surface area contributed by atoms with Crippen LogP contribution in [-0.4, -0.2) is 23.0 Å². The van der Waals surface area contributed by atoms with Crippen molar-refractivity contribution < 1.29 is 19.1 Å². The Kier molecular flexibility index (Phi) is 4.06. The molecule has 108 valence electrons. The molecule has 5 heteroatoms. The van der Waals surface area contributed by atoms with Crippen molar-refractivity contribution in [1.82, 2.24) is 5.32 Å². The SMILES string of the molecule is C[C@@H](NC(=O)C1(c2cccc(F)c2)CCCC1)C(=O)O. The normalized spacial score (nSPS) is 18.5. The summed E-state index contributed by atoms with van der Waals surface area (Å²) in [6.45, 7) is 1.43. The van der Waals surface area contributed by atoms with Gasteiger partial charge in [-0.05, 0) is 37.5 Å². The smallest absolute Gasteiger partial charge is 0.325 e. The summed E-state index contributed by atoms with van der Waals surface area (Å²) in [5.41, 5.74) is -0.170. The van der Waals surface area contributed by atoms with E-state index in [0.29, 0.717) is 18.4 Å². The van der Waals surface area contributed by atoms with Gasteiger partial charge in [0, 0.05) is 0 Å². The molecule has 2 N–H and O–H groups in total. The first kappa shape index (κ1) is 14.5. The summed E-state index contributed by atoms with van der Waals surface area (Å²) < 4.78 is 13.4. The van der Waals surface area contributed by atoms with Crippen LogP contribution in [0.5, 0.6) is 0 Å². The number of nitrogens with one attached hydrogen (secondary N) is 1. The van der Waals surface area contributed by atoms with Crippen molar-refractivity contribution in [3.8, 4) is 0 Å². The number of benzene rings is 1. The number of carbonyl (C=O) groups excluding carboxylic acids is 1. The third-order valence-corrected chi connectivity index (χ3v) is 3.99. The number of aliphatic carboxylic acids is 1. The maximum absolute atomic E-state index is 13.4. The maximum Gasteiger partial charge on any atom is 0.325 e. The molecule has 1 atom stereocenters. The summed E-state index contributed by atoms with van der Waals surface area (Å²) >= 11 is 0. The molecule has 1 aromatic rings. The molecule has 0 unspecified atom stereocenters. The molecule has 1 aromatic carbocycles. The fourth-order valence-corrected chi connectivity index (χ4v) is 2.81. The lowest BCUT2D eigenvalue weighted by Crippen LogP contribution is -2.48. The van der Waals surface area contributed by atoms with Gasteiger partial charge in [0.25, 0.3) is 0 Å².